The van der Waals surface area contributed by atoms with Crippen LogP contribution in [0.3, 0.4) is 0 Å². The van der Waals surface area contributed by atoms with Crippen molar-refractivity contribution in [2.24, 2.45) is 4.99 Å². The highest BCUT2D eigenvalue weighted by molar-refractivity contribution is 5.80. The molecule has 0 aromatic heterocycles. The average molecular weight is 388 g/mol. The van der Waals surface area contributed by atoms with Crippen molar-refractivity contribution in [1.82, 2.24) is 20.4 Å². The van der Waals surface area contributed by atoms with E-state index in [0.717, 1.165) is 45.4 Å². The topological polar surface area (TPSA) is 52.1 Å². The fourth-order valence-corrected chi connectivity index (χ4v) is 4.07. The van der Waals surface area contributed by atoms with E-state index in [2.05, 4.69) is 56.6 Å². The lowest BCUT2D eigenvalue weighted by atomic mass is 10.0. The standard InChI is InChI=1S/C22H37N5O/c1-3-10-26-11-8-21(9-12-26)25-22(23-2)24-17-19-6-4-5-7-20(19)18-27-13-15-28-16-14-27/h4-7,21H,3,8-18H2,1-2H3,(H2,23,24,25). The number of nitrogens with zero attached hydrogens (tertiary/aromatic N) is 3. The predicted octanol–water partition coefficient (Wildman–Crippen LogP) is 2.06. The van der Waals surface area contributed by atoms with Crippen LogP contribution in [0.4, 0.5) is 0 Å². The monoisotopic (exact) mass is 387 g/mol. The van der Waals surface area contributed by atoms with Gasteiger partial charge in [-0.1, -0.05) is 31.2 Å². The molecule has 3 rings (SSSR count). The molecule has 1 aromatic rings. The number of hydrogen-bond acceptors (Lipinski definition) is 4. The first-order valence-electron chi connectivity index (χ1n) is 10.8. The van der Waals surface area contributed by atoms with Gasteiger partial charge in [-0.25, -0.2) is 0 Å². The molecule has 0 saturated carbocycles. The van der Waals surface area contributed by atoms with Gasteiger partial charge in [-0.15, -0.1) is 0 Å². The van der Waals surface area contributed by atoms with Crippen molar-refractivity contribution in [3.63, 3.8) is 0 Å². The van der Waals surface area contributed by atoms with Crippen LogP contribution in [0.5, 0.6) is 0 Å². The van der Waals surface area contributed by atoms with Gasteiger partial charge in [0.25, 0.3) is 0 Å². The van der Waals surface area contributed by atoms with Gasteiger partial charge in [-0.2, -0.15) is 0 Å². The van der Waals surface area contributed by atoms with Crippen molar-refractivity contribution in [2.75, 3.05) is 53.0 Å². The number of benzene rings is 1. The average Bonchev–Trinajstić information content (AvgIpc) is 2.74. The molecule has 0 spiro atoms. The highest BCUT2D eigenvalue weighted by Gasteiger charge is 2.19. The third kappa shape index (κ3) is 6.47. The number of rotatable bonds is 7. The predicted molar refractivity (Wildman–Crippen MR) is 116 cm³/mol. The Balaban J connectivity index is 1.48. The summed E-state index contributed by atoms with van der Waals surface area (Å²) in [4.78, 5) is 9.49. The molecule has 0 radical (unpaired) electrons. The number of piperidine rings is 1. The summed E-state index contributed by atoms with van der Waals surface area (Å²) in [5.41, 5.74) is 2.73. The highest BCUT2D eigenvalue weighted by Crippen LogP contribution is 2.13. The van der Waals surface area contributed by atoms with Crippen LogP contribution in [0.2, 0.25) is 0 Å². The summed E-state index contributed by atoms with van der Waals surface area (Å²) >= 11 is 0. The Morgan fingerprint density at radius 1 is 1.07 bits per heavy atom. The molecule has 2 N–H and O–H groups in total. The first-order chi connectivity index (χ1) is 13.8. The molecule has 2 fully saturated rings. The van der Waals surface area contributed by atoms with Crippen LogP contribution < -0.4 is 10.6 Å². The molecule has 2 aliphatic rings. The molecule has 0 bridgehead atoms. The molecule has 156 valence electrons. The lowest BCUT2D eigenvalue weighted by Crippen LogP contribution is -2.48. The zero-order chi connectivity index (χ0) is 19.6. The van der Waals surface area contributed by atoms with Crippen LogP contribution in [0.25, 0.3) is 0 Å². The molecular weight excluding hydrogens is 350 g/mol. The molecule has 1 aromatic carbocycles. The first kappa shape index (κ1) is 21.1. The normalized spacial score (nSPS) is 20.3. The van der Waals surface area contributed by atoms with E-state index in [1.807, 2.05) is 7.05 Å². The summed E-state index contributed by atoms with van der Waals surface area (Å²) in [5.74, 6) is 0.912. The molecular formula is C22H37N5O. The number of likely N-dealkylation sites (tertiary alicyclic amines) is 1. The quantitative estimate of drug-likeness (QED) is 0.554. The Bertz CT molecular complexity index is 607. The maximum absolute atomic E-state index is 5.47. The van der Waals surface area contributed by atoms with Gasteiger partial charge in [0.05, 0.1) is 13.2 Å². The van der Waals surface area contributed by atoms with Crippen LogP contribution >= 0.6 is 0 Å². The maximum Gasteiger partial charge on any atom is 0.191 e. The van der Waals surface area contributed by atoms with Crippen LogP contribution in [-0.2, 0) is 17.8 Å². The SMILES string of the molecule is CCCN1CCC(NC(=NC)NCc2ccccc2CN2CCOCC2)CC1. The Hall–Kier alpha value is -1.63. The van der Waals surface area contributed by atoms with E-state index in [-0.39, 0.29) is 0 Å². The minimum absolute atomic E-state index is 0.517. The summed E-state index contributed by atoms with van der Waals surface area (Å²) in [7, 11) is 1.86. The van der Waals surface area contributed by atoms with Gasteiger partial charge in [-0.05, 0) is 36.9 Å². The largest absolute Gasteiger partial charge is 0.379 e. The van der Waals surface area contributed by atoms with E-state index in [1.54, 1.807) is 0 Å². The van der Waals surface area contributed by atoms with E-state index in [4.69, 9.17) is 4.74 Å². The van der Waals surface area contributed by atoms with Crippen LogP contribution in [0.15, 0.2) is 29.3 Å². The molecule has 2 saturated heterocycles. The second kappa shape index (κ2) is 11.4. The number of ether oxygens (including phenoxy) is 1. The fraction of sp³-hybridized carbons (Fsp3) is 0.682. The lowest BCUT2D eigenvalue weighted by molar-refractivity contribution is 0.0341. The van der Waals surface area contributed by atoms with Crippen molar-refractivity contribution < 1.29 is 4.74 Å². The molecule has 2 heterocycles. The van der Waals surface area contributed by atoms with E-state index >= 15 is 0 Å². The van der Waals surface area contributed by atoms with Crippen molar-refractivity contribution in [2.45, 2.75) is 45.3 Å². The zero-order valence-corrected chi connectivity index (χ0v) is 17.6. The van der Waals surface area contributed by atoms with Crippen LogP contribution in [0.1, 0.15) is 37.3 Å². The molecule has 6 nitrogen and oxygen atoms in total. The third-order valence-corrected chi connectivity index (χ3v) is 5.75. The van der Waals surface area contributed by atoms with E-state index < -0.39 is 0 Å². The summed E-state index contributed by atoms with van der Waals surface area (Å²) < 4.78 is 5.47. The number of nitrogens with one attached hydrogen (secondary N) is 2. The number of morpholine rings is 1. The Labute approximate surface area is 170 Å². The summed E-state index contributed by atoms with van der Waals surface area (Å²) in [6.45, 7) is 11.4. The van der Waals surface area contributed by atoms with E-state index in [1.165, 1.54) is 50.0 Å². The molecule has 28 heavy (non-hydrogen) atoms. The second-order valence-corrected chi connectivity index (χ2v) is 7.84. The lowest BCUT2D eigenvalue weighted by Gasteiger charge is -2.33. The fourth-order valence-electron chi connectivity index (χ4n) is 4.07. The van der Waals surface area contributed by atoms with Crippen molar-refractivity contribution in [3.05, 3.63) is 35.4 Å². The third-order valence-electron chi connectivity index (χ3n) is 5.75. The summed E-state index contributed by atoms with van der Waals surface area (Å²) in [6.07, 6.45) is 3.62. The molecule has 0 aliphatic carbocycles. The van der Waals surface area contributed by atoms with E-state index in [9.17, 15) is 0 Å². The summed E-state index contributed by atoms with van der Waals surface area (Å²) in [5, 5.41) is 7.15. The first-order valence-corrected chi connectivity index (χ1v) is 10.8. The molecule has 2 aliphatic heterocycles. The van der Waals surface area contributed by atoms with Crippen LogP contribution in [0, 0.1) is 0 Å². The van der Waals surface area contributed by atoms with Gasteiger partial charge in [0, 0.05) is 52.4 Å². The number of hydrogen-bond donors (Lipinski definition) is 2. The minimum Gasteiger partial charge on any atom is -0.379 e. The van der Waals surface area contributed by atoms with E-state index in [0.29, 0.717) is 6.04 Å². The van der Waals surface area contributed by atoms with Gasteiger partial charge in [0.2, 0.25) is 0 Å². The summed E-state index contributed by atoms with van der Waals surface area (Å²) in [6, 6.07) is 9.24. The van der Waals surface area contributed by atoms with Crippen molar-refractivity contribution >= 4 is 5.96 Å². The minimum atomic E-state index is 0.517. The molecule has 0 amide bonds. The molecule has 0 atom stereocenters. The van der Waals surface area contributed by atoms with Crippen molar-refractivity contribution in [1.29, 1.82) is 0 Å². The smallest absolute Gasteiger partial charge is 0.191 e. The Morgan fingerprint density at radius 2 is 1.79 bits per heavy atom. The Kier molecular flexibility index (Phi) is 8.58. The highest BCUT2D eigenvalue weighted by atomic mass is 16.5. The number of guanidine groups is 1. The van der Waals surface area contributed by atoms with Gasteiger partial charge in [0.15, 0.2) is 5.96 Å². The Morgan fingerprint density at radius 3 is 2.46 bits per heavy atom. The van der Waals surface area contributed by atoms with Gasteiger partial charge >= 0.3 is 0 Å². The zero-order valence-electron chi connectivity index (χ0n) is 17.6. The van der Waals surface area contributed by atoms with Gasteiger partial charge in [-0.3, -0.25) is 9.89 Å². The second-order valence-electron chi connectivity index (χ2n) is 7.84. The van der Waals surface area contributed by atoms with Gasteiger partial charge in [0.1, 0.15) is 0 Å². The molecule has 6 heteroatoms. The van der Waals surface area contributed by atoms with Crippen molar-refractivity contribution in [3.8, 4) is 0 Å². The number of aliphatic imine (C=N–C) groups is 1. The maximum atomic E-state index is 5.47. The molecule has 0 unspecified atom stereocenters. The van der Waals surface area contributed by atoms with Gasteiger partial charge < -0.3 is 20.3 Å². The van der Waals surface area contributed by atoms with Crippen LogP contribution in [-0.4, -0.2) is 74.8 Å².